The van der Waals surface area contributed by atoms with E-state index in [0.29, 0.717) is 23.6 Å². The second kappa shape index (κ2) is 7.48. The summed E-state index contributed by atoms with van der Waals surface area (Å²) in [6.07, 6.45) is 0.872. The molecule has 0 bridgehead atoms. The van der Waals surface area contributed by atoms with Crippen LogP contribution in [0.5, 0.6) is 0 Å². The van der Waals surface area contributed by atoms with Gasteiger partial charge in [-0.25, -0.2) is 9.48 Å². The Morgan fingerprint density at radius 3 is 2.83 bits per heavy atom. The molecule has 2 aromatic rings. The molecule has 8 nitrogen and oxygen atoms in total. The molecule has 122 valence electrons. The van der Waals surface area contributed by atoms with Crippen LogP contribution in [0.1, 0.15) is 42.0 Å². The van der Waals surface area contributed by atoms with Gasteiger partial charge in [-0.1, -0.05) is 19.1 Å². The van der Waals surface area contributed by atoms with Gasteiger partial charge in [0.1, 0.15) is 0 Å². The fourth-order valence-corrected chi connectivity index (χ4v) is 2.10. The van der Waals surface area contributed by atoms with Crippen LogP contribution in [0.25, 0.3) is 0 Å². The van der Waals surface area contributed by atoms with Crippen molar-refractivity contribution in [3.8, 4) is 0 Å². The number of amides is 1. The van der Waals surface area contributed by atoms with Gasteiger partial charge in [0.15, 0.2) is 12.4 Å². The zero-order valence-electron chi connectivity index (χ0n) is 13.4. The van der Waals surface area contributed by atoms with E-state index in [4.69, 9.17) is 4.74 Å². The van der Waals surface area contributed by atoms with Crippen LogP contribution in [0.4, 0.5) is 5.69 Å². The van der Waals surface area contributed by atoms with E-state index < -0.39 is 5.97 Å². The lowest BCUT2D eigenvalue weighted by Crippen LogP contribution is -2.15. The number of para-hydroxylation sites is 1. The lowest BCUT2D eigenvalue weighted by molar-refractivity contribution is -0.114. The molecule has 0 aliphatic rings. The molecule has 23 heavy (non-hydrogen) atoms. The highest BCUT2D eigenvalue weighted by Crippen LogP contribution is 2.21. The topological polar surface area (TPSA) is 99.0 Å². The molecule has 0 atom stereocenters. The minimum atomic E-state index is -0.538. The first kappa shape index (κ1) is 16.6. The van der Waals surface area contributed by atoms with Crippen LogP contribution >= 0.6 is 0 Å². The maximum absolute atomic E-state index is 12.3. The van der Waals surface area contributed by atoms with Gasteiger partial charge in [-0.15, -0.1) is 5.10 Å². The molecule has 1 N–H and O–H groups in total. The van der Waals surface area contributed by atoms with E-state index in [-0.39, 0.29) is 12.5 Å². The van der Waals surface area contributed by atoms with E-state index in [1.165, 1.54) is 6.92 Å². The monoisotopic (exact) mass is 317 g/mol. The van der Waals surface area contributed by atoms with Gasteiger partial charge in [0.05, 0.1) is 11.3 Å². The summed E-state index contributed by atoms with van der Waals surface area (Å²) in [5, 5.41) is 13.9. The lowest BCUT2D eigenvalue weighted by atomic mass is 10.1. The van der Waals surface area contributed by atoms with E-state index >= 15 is 0 Å². The average molecular weight is 317 g/mol. The number of ether oxygens (including phenoxy) is 1. The van der Waals surface area contributed by atoms with Gasteiger partial charge in [0.2, 0.25) is 5.91 Å². The van der Waals surface area contributed by atoms with Gasteiger partial charge in [-0.3, -0.25) is 4.79 Å². The Morgan fingerprint density at radius 1 is 1.35 bits per heavy atom. The molecule has 0 radical (unpaired) electrons. The Hall–Kier alpha value is -2.77. The van der Waals surface area contributed by atoms with Crippen LogP contribution < -0.4 is 5.32 Å². The number of carbonyl (C=O) groups is 2. The van der Waals surface area contributed by atoms with Gasteiger partial charge in [-0.05, 0) is 35.4 Å². The van der Waals surface area contributed by atoms with Gasteiger partial charge in [-0.2, -0.15) is 0 Å². The number of benzene rings is 1. The van der Waals surface area contributed by atoms with Crippen LogP contribution in [-0.4, -0.2) is 32.1 Å². The van der Waals surface area contributed by atoms with E-state index in [1.54, 1.807) is 16.8 Å². The number of aryl methyl sites for hydroxylation is 2. The predicted molar refractivity (Wildman–Crippen MR) is 82.7 cm³/mol. The van der Waals surface area contributed by atoms with Crippen molar-refractivity contribution in [2.75, 3.05) is 5.32 Å². The Labute approximate surface area is 133 Å². The first-order chi connectivity index (χ1) is 11.0. The van der Waals surface area contributed by atoms with Crippen LogP contribution in [0, 0.1) is 6.92 Å². The molecular weight excluding hydrogens is 298 g/mol. The number of tetrazole rings is 1. The second-order valence-corrected chi connectivity index (χ2v) is 5.07. The summed E-state index contributed by atoms with van der Waals surface area (Å²) in [5.41, 5.74) is 1.54. The predicted octanol–water partition coefficient (Wildman–Crippen LogP) is 1.71. The van der Waals surface area contributed by atoms with Crippen LogP contribution in [0.2, 0.25) is 0 Å². The molecule has 0 saturated carbocycles. The highest BCUT2D eigenvalue weighted by molar-refractivity contribution is 6.01. The number of carbonyl (C=O) groups excluding carboxylic acids is 2. The molecule has 0 fully saturated rings. The Kier molecular flexibility index (Phi) is 5.40. The highest BCUT2D eigenvalue weighted by Gasteiger charge is 2.17. The summed E-state index contributed by atoms with van der Waals surface area (Å²) < 4.78 is 6.88. The second-order valence-electron chi connectivity index (χ2n) is 5.07. The number of aromatic nitrogens is 4. The number of anilines is 1. The van der Waals surface area contributed by atoms with Crippen molar-refractivity contribution in [3.05, 3.63) is 35.2 Å². The zero-order chi connectivity index (χ0) is 16.8. The van der Waals surface area contributed by atoms with E-state index in [9.17, 15) is 9.59 Å². The van der Waals surface area contributed by atoms with Gasteiger partial charge < -0.3 is 10.1 Å². The maximum Gasteiger partial charge on any atom is 0.340 e. The van der Waals surface area contributed by atoms with Gasteiger partial charge in [0.25, 0.3) is 0 Å². The first-order valence-electron chi connectivity index (χ1n) is 7.32. The number of nitrogens with zero attached hydrogens (tertiary/aromatic N) is 4. The van der Waals surface area contributed by atoms with Crippen molar-refractivity contribution in [1.29, 1.82) is 0 Å². The van der Waals surface area contributed by atoms with E-state index in [0.717, 1.165) is 12.0 Å². The summed E-state index contributed by atoms with van der Waals surface area (Å²) in [6.45, 7) is 5.83. The largest absolute Gasteiger partial charge is 0.454 e. The van der Waals surface area contributed by atoms with Crippen molar-refractivity contribution in [2.45, 2.75) is 40.3 Å². The summed E-state index contributed by atoms with van der Waals surface area (Å²) in [7, 11) is 0. The number of hydrogen-bond donors (Lipinski definition) is 1. The Bertz CT molecular complexity index is 711. The summed E-state index contributed by atoms with van der Waals surface area (Å²) in [6, 6.07) is 5.15. The SMILES string of the molecule is CCCn1nnnc1COC(=O)c1cccc(C)c1NC(C)=O. The molecule has 1 amide bonds. The molecular formula is C15H19N5O3. The zero-order valence-corrected chi connectivity index (χ0v) is 13.4. The number of hydrogen-bond acceptors (Lipinski definition) is 6. The molecule has 0 unspecified atom stereocenters. The summed E-state index contributed by atoms with van der Waals surface area (Å²) in [4.78, 5) is 23.6. The Balaban J connectivity index is 2.13. The standard InChI is InChI=1S/C15H19N5O3/c1-4-8-20-13(17-18-19-20)9-23-15(22)12-7-5-6-10(2)14(12)16-11(3)21/h5-7H,4,8-9H2,1-3H3,(H,16,21). The molecule has 0 saturated heterocycles. The smallest absolute Gasteiger partial charge is 0.340 e. The van der Waals surface area contributed by atoms with Crippen molar-refractivity contribution >= 4 is 17.6 Å². The molecule has 1 aromatic heterocycles. The average Bonchev–Trinajstić information content (AvgIpc) is 2.94. The molecule has 2 rings (SSSR count). The van der Waals surface area contributed by atoms with Gasteiger partial charge >= 0.3 is 5.97 Å². The van der Waals surface area contributed by atoms with Gasteiger partial charge in [0, 0.05) is 13.5 Å². The third kappa shape index (κ3) is 4.12. The summed E-state index contributed by atoms with van der Waals surface area (Å²) in [5.74, 6) is -0.308. The Morgan fingerprint density at radius 2 is 2.13 bits per heavy atom. The molecule has 1 aromatic carbocycles. The summed E-state index contributed by atoms with van der Waals surface area (Å²) >= 11 is 0. The normalized spacial score (nSPS) is 10.4. The van der Waals surface area contributed by atoms with E-state index in [1.807, 2.05) is 19.9 Å². The van der Waals surface area contributed by atoms with Crippen molar-refractivity contribution < 1.29 is 14.3 Å². The molecule has 1 heterocycles. The van der Waals surface area contributed by atoms with Crippen molar-refractivity contribution in [3.63, 3.8) is 0 Å². The number of rotatable bonds is 6. The van der Waals surface area contributed by atoms with Crippen molar-refractivity contribution in [1.82, 2.24) is 20.2 Å². The van der Waals surface area contributed by atoms with Crippen LogP contribution in [0.3, 0.4) is 0 Å². The molecule has 0 aliphatic heterocycles. The highest BCUT2D eigenvalue weighted by atomic mass is 16.5. The maximum atomic E-state index is 12.3. The molecule has 8 heteroatoms. The number of nitrogens with one attached hydrogen (secondary N) is 1. The van der Waals surface area contributed by atoms with Crippen LogP contribution in [-0.2, 0) is 22.7 Å². The third-order valence-corrected chi connectivity index (χ3v) is 3.17. The minimum absolute atomic E-state index is 0.0285. The molecule has 0 aliphatic carbocycles. The van der Waals surface area contributed by atoms with Crippen LogP contribution in [0.15, 0.2) is 18.2 Å². The van der Waals surface area contributed by atoms with E-state index in [2.05, 4.69) is 20.8 Å². The fraction of sp³-hybridized carbons (Fsp3) is 0.400. The molecule has 0 spiro atoms. The third-order valence-electron chi connectivity index (χ3n) is 3.17. The van der Waals surface area contributed by atoms with Crippen molar-refractivity contribution in [2.24, 2.45) is 0 Å². The number of esters is 1. The minimum Gasteiger partial charge on any atom is -0.454 e. The quantitative estimate of drug-likeness (QED) is 0.814. The first-order valence-corrected chi connectivity index (χ1v) is 7.32. The lowest BCUT2D eigenvalue weighted by Gasteiger charge is -2.12. The fourth-order valence-electron chi connectivity index (χ4n) is 2.10.